The molecule has 2 aromatic rings. The van der Waals surface area contributed by atoms with Crippen LogP contribution in [-0.2, 0) is 16.1 Å². The molecule has 0 N–H and O–H groups in total. The van der Waals surface area contributed by atoms with E-state index in [-0.39, 0.29) is 6.29 Å². The summed E-state index contributed by atoms with van der Waals surface area (Å²) < 4.78 is 16.9. The average molecular weight is 283 g/mol. The van der Waals surface area contributed by atoms with Crippen molar-refractivity contribution >= 4 is 0 Å². The second kappa shape index (κ2) is 6.57. The predicted octanol–water partition coefficient (Wildman–Crippen LogP) is 3.86. The van der Waals surface area contributed by atoms with Gasteiger partial charge < -0.3 is 13.9 Å². The molecule has 21 heavy (non-hydrogen) atoms. The second-order valence-corrected chi connectivity index (χ2v) is 5.04. The monoisotopic (exact) mass is 283 g/mol. The Kier molecular flexibility index (Phi) is 4.34. The van der Waals surface area contributed by atoms with E-state index in [1.807, 2.05) is 24.3 Å². The third-order valence-electron chi connectivity index (χ3n) is 3.60. The van der Waals surface area contributed by atoms with Crippen molar-refractivity contribution in [1.29, 1.82) is 5.26 Å². The first-order valence-corrected chi connectivity index (χ1v) is 7.17. The summed E-state index contributed by atoms with van der Waals surface area (Å²) in [5.41, 5.74) is 2.34. The van der Waals surface area contributed by atoms with Crippen molar-refractivity contribution in [1.82, 2.24) is 0 Å². The van der Waals surface area contributed by atoms with Crippen molar-refractivity contribution in [2.75, 3.05) is 6.61 Å². The van der Waals surface area contributed by atoms with E-state index >= 15 is 0 Å². The van der Waals surface area contributed by atoms with Crippen LogP contribution >= 0.6 is 0 Å². The molecule has 0 aliphatic carbocycles. The lowest BCUT2D eigenvalue weighted by molar-refractivity contribution is -0.168. The summed E-state index contributed by atoms with van der Waals surface area (Å²) in [6.07, 6.45) is 4.62. The van der Waals surface area contributed by atoms with Crippen molar-refractivity contribution in [3.8, 4) is 17.4 Å². The zero-order valence-electron chi connectivity index (χ0n) is 11.7. The van der Waals surface area contributed by atoms with Crippen LogP contribution in [0.4, 0.5) is 0 Å². The van der Waals surface area contributed by atoms with Crippen LogP contribution in [0.15, 0.2) is 41.0 Å². The first-order valence-electron chi connectivity index (χ1n) is 7.17. The van der Waals surface area contributed by atoms with Gasteiger partial charge in [-0.15, -0.1) is 0 Å². The van der Waals surface area contributed by atoms with Gasteiger partial charge in [0.25, 0.3) is 0 Å². The molecule has 3 rings (SSSR count). The van der Waals surface area contributed by atoms with Gasteiger partial charge in [-0.05, 0) is 43.0 Å². The van der Waals surface area contributed by atoms with E-state index in [4.69, 9.17) is 13.9 Å². The number of nitrogens with zero attached hydrogens (tertiary/aromatic N) is 1. The Morgan fingerprint density at radius 1 is 1.24 bits per heavy atom. The largest absolute Gasteiger partial charge is 0.464 e. The number of furan rings is 1. The average Bonchev–Trinajstić information content (AvgIpc) is 3.07. The number of benzene rings is 1. The summed E-state index contributed by atoms with van der Waals surface area (Å²) in [6, 6.07) is 11.5. The molecule has 2 heterocycles. The third kappa shape index (κ3) is 3.15. The molecule has 4 nitrogen and oxygen atoms in total. The molecule has 1 unspecified atom stereocenters. The van der Waals surface area contributed by atoms with E-state index in [0.717, 1.165) is 37.0 Å². The fourth-order valence-electron chi connectivity index (χ4n) is 2.55. The maximum atomic E-state index is 9.30. The summed E-state index contributed by atoms with van der Waals surface area (Å²) in [4.78, 5) is 0. The lowest BCUT2D eigenvalue weighted by Gasteiger charge is -2.23. The van der Waals surface area contributed by atoms with Gasteiger partial charge in [0.15, 0.2) is 6.29 Å². The highest BCUT2D eigenvalue weighted by molar-refractivity contribution is 5.69. The summed E-state index contributed by atoms with van der Waals surface area (Å²) in [5.74, 6) is 0.690. The number of hydrogen-bond donors (Lipinski definition) is 0. The molecular formula is C17H17NO3. The van der Waals surface area contributed by atoms with Crippen molar-refractivity contribution in [3.05, 3.63) is 47.7 Å². The molecule has 4 heteroatoms. The Balaban J connectivity index is 1.83. The van der Waals surface area contributed by atoms with E-state index in [9.17, 15) is 5.26 Å². The van der Waals surface area contributed by atoms with Crippen LogP contribution in [0.3, 0.4) is 0 Å². The normalized spacial score (nSPS) is 18.3. The highest BCUT2D eigenvalue weighted by Gasteiger charge is 2.17. The molecule has 1 aromatic carbocycles. The fraction of sp³-hybridized carbons (Fsp3) is 0.353. The van der Waals surface area contributed by atoms with E-state index in [1.165, 1.54) is 0 Å². The van der Waals surface area contributed by atoms with Crippen LogP contribution in [0.1, 0.15) is 30.4 Å². The van der Waals surface area contributed by atoms with E-state index in [2.05, 4.69) is 6.07 Å². The Labute approximate surface area is 123 Å². The molecule has 0 spiro atoms. The smallest absolute Gasteiger partial charge is 0.158 e. The molecule has 1 aromatic heterocycles. The fourth-order valence-corrected chi connectivity index (χ4v) is 2.55. The second-order valence-electron chi connectivity index (χ2n) is 5.04. The summed E-state index contributed by atoms with van der Waals surface area (Å²) in [7, 11) is 0. The predicted molar refractivity (Wildman–Crippen MR) is 77.2 cm³/mol. The number of nitriles is 1. The standard InChI is InChI=1S/C17H17NO3/c18-11-13-5-3-6-14(17(13)15-7-4-10-19-15)12-21-16-8-1-2-9-20-16/h3-7,10,16H,1-2,8-9,12H2. The minimum Gasteiger partial charge on any atom is -0.464 e. The van der Waals surface area contributed by atoms with Crippen LogP contribution in [-0.4, -0.2) is 12.9 Å². The van der Waals surface area contributed by atoms with E-state index < -0.39 is 0 Å². The third-order valence-corrected chi connectivity index (χ3v) is 3.60. The molecule has 0 bridgehead atoms. The zero-order chi connectivity index (χ0) is 14.5. The van der Waals surface area contributed by atoms with E-state index in [1.54, 1.807) is 12.3 Å². The maximum Gasteiger partial charge on any atom is 0.158 e. The van der Waals surface area contributed by atoms with Crippen LogP contribution in [0, 0.1) is 11.3 Å². The van der Waals surface area contributed by atoms with Crippen LogP contribution in [0.5, 0.6) is 0 Å². The van der Waals surface area contributed by atoms with Gasteiger partial charge in [-0.2, -0.15) is 5.26 Å². The minimum absolute atomic E-state index is 0.144. The molecule has 1 fully saturated rings. The molecule has 0 saturated carbocycles. The Bertz CT molecular complexity index is 622. The SMILES string of the molecule is N#Cc1cccc(COC2CCCCO2)c1-c1ccco1. The highest BCUT2D eigenvalue weighted by atomic mass is 16.7. The van der Waals surface area contributed by atoms with Crippen LogP contribution in [0.25, 0.3) is 11.3 Å². The first-order chi connectivity index (χ1) is 10.4. The van der Waals surface area contributed by atoms with Gasteiger partial charge in [-0.1, -0.05) is 12.1 Å². The topological polar surface area (TPSA) is 55.4 Å². The first kappa shape index (κ1) is 13.9. The molecule has 0 radical (unpaired) electrons. The van der Waals surface area contributed by atoms with Gasteiger partial charge >= 0.3 is 0 Å². The lowest BCUT2D eigenvalue weighted by Crippen LogP contribution is -2.22. The molecule has 1 saturated heterocycles. The molecule has 108 valence electrons. The van der Waals surface area contributed by atoms with Gasteiger partial charge in [0.1, 0.15) is 5.76 Å². The van der Waals surface area contributed by atoms with Crippen molar-refractivity contribution in [2.24, 2.45) is 0 Å². The van der Waals surface area contributed by atoms with Gasteiger partial charge in [0.05, 0.1) is 24.5 Å². The molecule has 1 aliphatic rings. The van der Waals surface area contributed by atoms with E-state index in [0.29, 0.717) is 17.9 Å². The molecule has 1 atom stereocenters. The van der Waals surface area contributed by atoms with Gasteiger partial charge in [0.2, 0.25) is 0 Å². The van der Waals surface area contributed by atoms with Gasteiger partial charge in [-0.25, -0.2) is 0 Å². The van der Waals surface area contributed by atoms with Gasteiger partial charge in [-0.3, -0.25) is 0 Å². The quantitative estimate of drug-likeness (QED) is 0.855. The van der Waals surface area contributed by atoms with Crippen LogP contribution in [0.2, 0.25) is 0 Å². The number of hydrogen-bond acceptors (Lipinski definition) is 4. The number of ether oxygens (including phenoxy) is 2. The minimum atomic E-state index is -0.144. The summed E-state index contributed by atoms with van der Waals surface area (Å²) in [6.45, 7) is 1.17. The Morgan fingerprint density at radius 2 is 2.19 bits per heavy atom. The Hall–Kier alpha value is -2.09. The lowest BCUT2D eigenvalue weighted by atomic mass is 10.00. The van der Waals surface area contributed by atoms with Crippen molar-refractivity contribution in [2.45, 2.75) is 32.2 Å². The summed E-state index contributed by atoms with van der Waals surface area (Å²) >= 11 is 0. The Morgan fingerprint density at radius 3 is 2.90 bits per heavy atom. The molecular weight excluding hydrogens is 266 g/mol. The van der Waals surface area contributed by atoms with Crippen LogP contribution < -0.4 is 0 Å². The molecule has 0 amide bonds. The highest BCUT2D eigenvalue weighted by Crippen LogP contribution is 2.29. The van der Waals surface area contributed by atoms with Crippen molar-refractivity contribution in [3.63, 3.8) is 0 Å². The summed E-state index contributed by atoms with van der Waals surface area (Å²) in [5, 5.41) is 9.30. The maximum absolute atomic E-state index is 9.30. The number of rotatable bonds is 4. The molecule has 1 aliphatic heterocycles. The zero-order valence-corrected chi connectivity index (χ0v) is 11.7. The van der Waals surface area contributed by atoms with Gasteiger partial charge in [0, 0.05) is 12.2 Å². The van der Waals surface area contributed by atoms with Crippen molar-refractivity contribution < 1.29 is 13.9 Å².